The predicted molar refractivity (Wildman–Crippen MR) is 93.3 cm³/mol. The van der Waals surface area contributed by atoms with Crippen LogP contribution in [0, 0.1) is 0 Å². The van der Waals surface area contributed by atoms with Crippen LogP contribution in [0.3, 0.4) is 0 Å². The monoisotopic (exact) mass is 376 g/mol. The average Bonchev–Trinajstić information content (AvgIpc) is 2.60. The van der Waals surface area contributed by atoms with Crippen molar-refractivity contribution in [3.63, 3.8) is 0 Å². The lowest BCUT2D eigenvalue weighted by Gasteiger charge is -2.30. The lowest BCUT2D eigenvalue weighted by Crippen LogP contribution is -2.36. The molecule has 2 N–H and O–H groups in total. The van der Waals surface area contributed by atoms with Crippen LogP contribution in [-0.2, 0) is 4.79 Å². The summed E-state index contributed by atoms with van der Waals surface area (Å²) in [6.07, 6.45) is -3.11. The van der Waals surface area contributed by atoms with Gasteiger partial charge in [-0.05, 0) is 42.0 Å². The molecule has 1 amide bonds. The third kappa shape index (κ3) is 4.46. The van der Waals surface area contributed by atoms with Crippen molar-refractivity contribution in [3.8, 4) is 5.75 Å². The van der Waals surface area contributed by atoms with Crippen LogP contribution in [0.25, 0.3) is 6.08 Å². The van der Waals surface area contributed by atoms with E-state index < -0.39 is 18.0 Å². The van der Waals surface area contributed by atoms with Crippen molar-refractivity contribution < 1.29 is 27.5 Å². The molecule has 2 aromatic rings. The molecule has 8 heteroatoms. The molecule has 0 saturated carbocycles. The Labute approximate surface area is 152 Å². The first-order chi connectivity index (χ1) is 12.7. The molecule has 0 bridgehead atoms. The van der Waals surface area contributed by atoms with Crippen molar-refractivity contribution in [1.82, 2.24) is 0 Å². The van der Waals surface area contributed by atoms with Crippen LogP contribution in [0.1, 0.15) is 15.9 Å². The highest BCUT2D eigenvalue weighted by molar-refractivity contribution is 6.03. The first-order valence-electron chi connectivity index (χ1n) is 7.96. The number of anilines is 1. The number of ether oxygens (including phenoxy) is 1. The molecule has 0 radical (unpaired) electrons. The van der Waals surface area contributed by atoms with Gasteiger partial charge in [0.25, 0.3) is 0 Å². The van der Waals surface area contributed by atoms with E-state index in [0.717, 1.165) is 23.4 Å². The minimum atomic E-state index is -4.79. The smallest absolute Gasteiger partial charge is 0.406 e. The van der Waals surface area contributed by atoms with Crippen LogP contribution in [0.2, 0.25) is 0 Å². The molecule has 0 saturated heterocycles. The van der Waals surface area contributed by atoms with Crippen LogP contribution >= 0.6 is 0 Å². The van der Waals surface area contributed by atoms with Gasteiger partial charge in [0, 0.05) is 23.4 Å². The first kappa shape index (κ1) is 18.5. The number of Topliss-reactive ketones (excluding diaryl/α,β-unsaturated/α-hetero) is 1. The van der Waals surface area contributed by atoms with E-state index >= 15 is 0 Å². The van der Waals surface area contributed by atoms with Gasteiger partial charge in [-0.2, -0.15) is 0 Å². The number of para-hydroxylation sites is 1. The number of hydrogen-bond donors (Lipinski definition) is 1. The molecule has 0 unspecified atom stereocenters. The number of primary amides is 1. The van der Waals surface area contributed by atoms with Crippen LogP contribution in [0.5, 0.6) is 5.75 Å². The van der Waals surface area contributed by atoms with E-state index in [2.05, 4.69) is 4.74 Å². The van der Waals surface area contributed by atoms with Gasteiger partial charge in [0.1, 0.15) is 5.75 Å². The number of carbonyl (C=O) groups is 2. The number of ketones is 1. The minimum Gasteiger partial charge on any atom is -0.406 e. The molecule has 0 atom stereocenters. The summed E-state index contributed by atoms with van der Waals surface area (Å²) in [4.78, 5) is 25.8. The van der Waals surface area contributed by atoms with E-state index in [1.165, 1.54) is 12.1 Å². The summed E-state index contributed by atoms with van der Waals surface area (Å²) in [5, 5.41) is 0. The Morgan fingerprint density at radius 3 is 2.37 bits per heavy atom. The van der Waals surface area contributed by atoms with Gasteiger partial charge in [0.15, 0.2) is 5.78 Å². The lowest BCUT2D eigenvalue weighted by molar-refractivity contribution is -0.274. The number of alkyl halides is 3. The summed E-state index contributed by atoms with van der Waals surface area (Å²) in [6, 6.07) is 11.9. The Balaban J connectivity index is 1.77. The second-order valence-corrected chi connectivity index (χ2v) is 5.94. The fourth-order valence-electron chi connectivity index (χ4n) is 2.82. The highest BCUT2D eigenvalue weighted by Gasteiger charge is 2.31. The third-order valence-corrected chi connectivity index (χ3v) is 4.03. The summed E-state index contributed by atoms with van der Waals surface area (Å²) in [6.45, 7) is 0.120. The first-order valence-corrected chi connectivity index (χ1v) is 7.96. The van der Waals surface area contributed by atoms with Crippen molar-refractivity contribution in [1.29, 1.82) is 0 Å². The second-order valence-electron chi connectivity index (χ2n) is 5.94. The van der Waals surface area contributed by atoms with Crippen molar-refractivity contribution >= 4 is 23.5 Å². The van der Waals surface area contributed by atoms with Gasteiger partial charge in [-0.3, -0.25) is 9.59 Å². The Hall–Kier alpha value is -3.29. The molecule has 1 heterocycles. The number of nitrogens with two attached hydrogens (primary N) is 1. The summed E-state index contributed by atoms with van der Waals surface area (Å²) < 4.78 is 40.4. The van der Waals surface area contributed by atoms with Crippen molar-refractivity contribution in [2.24, 2.45) is 5.73 Å². The highest BCUT2D eigenvalue weighted by atomic mass is 19.4. The Morgan fingerprint density at radius 1 is 1.07 bits per heavy atom. The highest BCUT2D eigenvalue weighted by Crippen LogP contribution is 2.29. The number of carbonyl (C=O) groups excluding carboxylic acids is 2. The van der Waals surface area contributed by atoms with Gasteiger partial charge < -0.3 is 15.4 Å². The van der Waals surface area contributed by atoms with E-state index in [1.54, 1.807) is 23.1 Å². The van der Waals surface area contributed by atoms with Crippen LogP contribution in [0.4, 0.5) is 18.9 Å². The second kappa shape index (κ2) is 7.14. The molecule has 0 fully saturated rings. The molecular weight excluding hydrogens is 361 g/mol. The van der Waals surface area contributed by atoms with E-state index in [9.17, 15) is 22.8 Å². The maximum Gasteiger partial charge on any atom is 0.573 e. The normalized spacial score (nSPS) is 13.6. The van der Waals surface area contributed by atoms with Crippen molar-refractivity contribution in [3.05, 3.63) is 65.2 Å². The molecule has 3 rings (SSSR count). The zero-order valence-electron chi connectivity index (χ0n) is 14.0. The van der Waals surface area contributed by atoms with Crippen LogP contribution in [-0.4, -0.2) is 31.1 Å². The number of rotatable bonds is 5. The van der Waals surface area contributed by atoms with Crippen molar-refractivity contribution in [2.45, 2.75) is 6.36 Å². The van der Waals surface area contributed by atoms with Gasteiger partial charge in [0.05, 0.1) is 6.54 Å². The van der Waals surface area contributed by atoms with Gasteiger partial charge in [-0.1, -0.05) is 18.2 Å². The largest absolute Gasteiger partial charge is 0.573 e. The average molecular weight is 376 g/mol. The number of hydrogen-bond acceptors (Lipinski definition) is 4. The Bertz CT molecular complexity index is 905. The number of halogens is 3. The van der Waals surface area contributed by atoms with E-state index in [0.29, 0.717) is 5.57 Å². The fraction of sp³-hybridized carbons (Fsp3) is 0.158. The number of nitrogens with zero attached hydrogens (tertiary/aromatic N) is 1. The molecule has 27 heavy (non-hydrogen) atoms. The van der Waals surface area contributed by atoms with Crippen molar-refractivity contribution in [2.75, 3.05) is 18.0 Å². The van der Waals surface area contributed by atoms with Gasteiger partial charge >= 0.3 is 6.36 Å². The molecule has 0 spiro atoms. The number of fused-ring (bicyclic) bond motifs is 1. The number of benzene rings is 2. The van der Waals surface area contributed by atoms with Crippen LogP contribution in [0.15, 0.2) is 54.1 Å². The maximum atomic E-state index is 12.6. The summed E-state index contributed by atoms with van der Waals surface area (Å²) in [5.74, 6) is -1.29. The summed E-state index contributed by atoms with van der Waals surface area (Å²) >= 11 is 0. The zero-order chi connectivity index (χ0) is 19.6. The van der Waals surface area contributed by atoms with Gasteiger partial charge in [-0.25, -0.2) is 0 Å². The quantitative estimate of drug-likeness (QED) is 0.814. The predicted octanol–water partition coefficient (Wildman–Crippen LogP) is 3.16. The van der Waals surface area contributed by atoms with E-state index in [1.807, 2.05) is 12.1 Å². The topological polar surface area (TPSA) is 72.6 Å². The summed E-state index contributed by atoms with van der Waals surface area (Å²) in [5.41, 5.74) is 7.51. The Kier molecular flexibility index (Phi) is 4.89. The molecule has 0 aliphatic carbocycles. The molecule has 1 aliphatic rings. The fourth-order valence-corrected chi connectivity index (χ4v) is 2.82. The molecule has 1 aliphatic heterocycles. The SMILES string of the molecule is NC(=O)C1=Cc2ccccc2N(CC(=O)c2ccc(OC(F)(F)F)cc2)C1. The molecule has 140 valence electrons. The van der Waals surface area contributed by atoms with E-state index in [4.69, 9.17) is 5.73 Å². The number of amides is 1. The van der Waals surface area contributed by atoms with Gasteiger partial charge in [-0.15, -0.1) is 13.2 Å². The molecular formula is C19H15F3N2O3. The third-order valence-electron chi connectivity index (χ3n) is 4.03. The molecule has 0 aromatic heterocycles. The summed E-state index contributed by atoms with van der Waals surface area (Å²) in [7, 11) is 0. The zero-order valence-corrected chi connectivity index (χ0v) is 14.0. The maximum absolute atomic E-state index is 12.6. The Morgan fingerprint density at radius 2 is 1.74 bits per heavy atom. The molecule has 5 nitrogen and oxygen atoms in total. The minimum absolute atomic E-state index is 0.0545. The van der Waals surface area contributed by atoms with Gasteiger partial charge in [0.2, 0.25) is 5.91 Å². The molecule has 2 aromatic carbocycles. The lowest BCUT2D eigenvalue weighted by atomic mass is 10.0. The standard InChI is InChI=1S/C19H15F3N2O3/c20-19(21,22)27-15-7-5-12(6-8-15)17(25)11-24-10-14(18(23)26)9-13-3-1-2-4-16(13)24/h1-9H,10-11H2,(H2,23,26). The van der Waals surface area contributed by atoms with E-state index in [-0.39, 0.29) is 24.4 Å². The van der Waals surface area contributed by atoms with Crippen LogP contribution < -0.4 is 15.4 Å².